The molecule has 0 bridgehead atoms. The van der Waals surface area contributed by atoms with Crippen LogP contribution in [0.5, 0.6) is 11.5 Å². The van der Waals surface area contributed by atoms with Crippen molar-refractivity contribution in [3.63, 3.8) is 0 Å². The van der Waals surface area contributed by atoms with E-state index in [1.165, 1.54) is 5.56 Å². The molecule has 1 atom stereocenters. The van der Waals surface area contributed by atoms with Gasteiger partial charge in [-0.2, -0.15) is 0 Å². The maximum Gasteiger partial charge on any atom is 0.169 e. The molecule has 118 valence electrons. The smallest absolute Gasteiger partial charge is 0.169 e. The Morgan fingerprint density at radius 2 is 2.14 bits per heavy atom. The van der Waals surface area contributed by atoms with E-state index in [0.29, 0.717) is 19.2 Å². The molecule has 3 rings (SSSR count). The molecule has 0 saturated carbocycles. The van der Waals surface area contributed by atoms with Crippen LogP contribution in [0, 0.1) is 0 Å². The number of hydrogen-bond acceptors (Lipinski definition) is 3. The summed E-state index contributed by atoms with van der Waals surface area (Å²) in [5, 5.41) is 4.03. The van der Waals surface area contributed by atoms with Crippen molar-refractivity contribution in [3.05, 3.63) is 36.4 Å². The van der Waals surface area contributed by atoms with Crippen molar-refractivity contribution < 1.29 is 9.47 Å². The summed E-state index contributed by atoms with van der Waals surface area (Å²) in [7, 11) is 0. The number of rotatable bonds is 3. The first-order valence-electron chi connectivity index (χ1n) is 7.84. The van der Waals surface area contributed by atoms with Crippen LogP contribution in [0.4, 0.5) is 0 Å². The zero-order valence-corrected chi connectivity index (χ0v) is 13.5. The van der Waals surface area contributed by atoms with Crippen LogP contribution in [0.3, 0.4) is 0 Å². The normalized spacial score (nSPS) is 20.4. The number of thiocarbonyl (C=S) groups is 1. The lowest BCUT2D eigenvalue weighted by atomic mass is 10.0. The third kappa shape index (κ3) is 3.19. The van der Waals surface area contributed by atoms with Crippen LogP contribution >= 0.6 is 12.2 Å². The first-order valence-corrected chi connectivity index (χ1v) is 8.25. The maximum absolute atomic E-state index is 5.80. The van der Waals surface area contributed by atoms with Crippen molar-refractivity contribution in [1.82, 2.24) is 10.2 Å². The average Bonchev–Trinajstić information content (AvgIpc) is 2.91. The zero-order valence-electron chi connectivity index (χ0n) is 12.7. The predicted octanol–water partition coefficient (Wildman–Crippen LogP) is 3.05. The minimum atomic E-state index is 0.307. The summed E-state index contributed by atoms with van der Waals surface area (Å²) in [6.07, 6.45) is 5.00. The fraction of sp³-hybridized carbons (Fsp3) is 0.471. The minimum absolute atomic E-state index is 0.307. The number of nitrogens with zero attached hydrogens (tertiary/aromatic N) is 1. The first kappa shape index (κ1) is 15.2. The van der Waals surface area contributed by atoms with Gasteiger partial charge in [0.25, 0.3) is 0 Å². The van der Waals surface area contributed by atoms with Gasteiger partial charge in [0.15, 0.2) is 16.6 Å². The Kier molecular flexibility index (Phi) is 4.83. The van der Waals surface area contributed by atoms with E-state index in [0.717, 1.165) is 49.0 Å². The first-order chi connectivity index (χ1) is 10.8. The number of ether oxygens (including phenoxy) is 2. The second-order valence-electron chi connectivity index (χ2n) is 5.58. The second kappa shape index (κ2) is 7.01. The van der Waals surface area contributed by atoms with Crippen molar-refractivity contribution in [3.8, 4) is 11.5 Å². The van der Waals surface area contributed by atoms with Gasteiger partial charge in [-0.15, -0.1) is 6.58 Å². The molecule has 0 aliphatic carbocycles. The molecule has 22 heavy (non-hydrogen) atoms. The lowest BCUT2D eigenvalue weighted by Crippen LogP contribution is -2.39. The largest absolute Gasteiger partial charge is 0.490 e. The van der Waals surface area contributed by atoms with Crippen molar-refractivity contribution in [2.24, 2.45) is 0 Å². The molecule has 2 aliphatic heterocycles. The van der Waals surface area contributed by atoms with Gasteiger partial charge in [0, 0.05) is 19.5 Å². The molecule has 0 spiro atoms. The minimum Gasteiger partial charge on any atom is -0.490 e. The van der Waals surface area contributed by atoms with Crippen LogP contribution in [0.2, 0.25) is 0 Å². The average molecular weight is 318 g/mol. The monoisotopic (exact) mass is 318 g/mol. The van der Waals surface area contributed by atoms with E-state index < -0.39 is 0 Å². The van der Waals surface area contributed by atoms with Crippen molar-refractivity contribution >= 4 is 17.3 Å². The molecule has 0 aromatic heterocycles. The molecule has 2 heterocycles. The highest BCUT2D eigenvalue weighted by Crippen LogP contribution is 2.37. The van der Waals surface area contributed by atoms with Gasteiger partial charge in [-0.05, 0) is 42.8 Å². The molecule has 1 aromatic rings. The van der Waals surface area contributed by atoms with Gasteiger partial charge in [0.1, 0.15) is 0 Å². The van der Waals surface area contributed by atoms with Crippen LogP contribution in [0.25, 0.3) is 0 Å². The number of likely N-dealkylation sites (tertiary alicyclic amines) is 1. The van der Waals surface area contributed by atoms with E-state index in [4.69, 9.17) is 21.7 Å². The summed E-state index contributed by atoms with van der Waals surface area (Å²) in [4.78, 5) is 2.26. The second-order valence-corrected chi connectivity index (χ2v) is 5.97. The number of fused-ring (bicyclic) bond motifs is 1. The van der Waals surface area contributed by atoms with Gasteiger partial charge in [-0.1, -0.05) is 12.1 Å². The Morgan fingerprint density at radius 1 is 1.32 bits per heavy atom. The zero-order chi connectivity index (χ0) is 15.4. The molecule has 1 aromatic carbocycles. The molecule has 1 fully saturated rings. The van der Waals surface area contributed by atoms with E-state index in [1.807, 2.05) is 12.1 Å². The van der Waals surface area contributed by atoms with Crippen LogP contribution in [0.1, 0.15) is 30.9 Å². The topological polar surface area (TPSA) is 33.7 Å². The van der Waals surface area contributed by atoms with Gasteiger partial charge in [0.2, 0.25) is 0 Å². The summed E-state index contributed by atoms with van der Waals surface area (Å²) in [5.74, 6) is 1.70. The third-order valence-electron chi connectivity index (χ3n) is 4.07. The van der Waals surface area contributed by atoms with E-state index in [-0.39, 0.29) is 0 Å². The lowest BCUT2D eigenvalue weighted by molar-refractivity contribution is 0.296. The van der Waals surface area contributed by atoms with Gasteiger partial charge in [-0.25, -0.2) is 0 Å². The molecule has 1 N–H and O–H groups in total. The molecule has 5 heteroatoms. The van der Waals surface area contributed by atoms with Crippen LogP contribution in [-0.4, -0.2) is 36.3 Å². The molecule has 1 saturated heterocycles. The fourth-order valence-electron chi connectivity index (χ4n) is 3.00. The summed E-state index contributed by atoms with van der Waals surface area (Å²) in [6.45, 7) is 6.84. The van der Waals surface area contributed by atoms with Crippen molar-refractivity contribution in [1.29, 1.82) is 0 Å². The number of hydrogen-bond donors (Lipinski definition) is 1. The SMILES string of the molecule is C=CCNC(=S)N1CCC[C@@H]1c1ccc2c(c1)OCCCO2. The predicted molar refractivity (Wildman–Crippen MR) is 91.5 cm³/mol. The quantitative estimate of drug-likeness (QED) is 0.684. The highest BCUT2D eigenvalue weighted by molar-refractivity contribution is 7.80. The lowest BCUT2D eigenvalue weighted by Gasteiger charge is -2.28. The summed E-state index contributed by atoms with van der Waals surface area (Å²) in [6, 6.07) is 6.57. The fourth-order valence-corrected chi connectivity index (χ4v) is 3.31. The van der Waals surface area contributed by atoms with Crippen molar-refractivity contribution in [2.45, 2.75) is 25.3 Å². The standard InChI is InChI=1S/C17H22N2O2S/c1-2-8-18-17(22)19-9-3-5-14(19)13-6-7-15-16(12-13)21-11-4-10-20-15/h2,6-7,12,14H,1,3-5,8-11H2,(H,18,22)/t14-/m1/s1. The van der Waals surface area contributed by atoms with E-state index >= 15 is 0 Å². The molecule has 0 radical (unpaired) electrons. The number of nitrogens with one attached hydrogen (secondary N) is 1. The highest BCUT2D eigenvalue weighted by Gasteiger charge is 2.28. The Balaban J connectivity index is 1.79. The maximum atomic E-state index is 5.80. The molecule has 0 amide bonds. The van der Waals surface area contributed by atoms with Crippen LogP contribution in [0.15, 0.2) is 30.9 Å². The molecule has 0 unspecified atom stereocenters. The van der Waals surface area contributed by atoms with Crippen LogP contribution < -0.4 is 14.8 Å². The highest BCUT2D eigenvalue weighted by atomic mass is 32.1. The Labute approximate surface area is 137 Å². The summed E-state index contributed by atoms with van der Waals surface area (Å²) < 4.78 is 11.5. The van der Waals surface area contributed by atoms with Crippen molar-refractivity contribution in [2.75, 3.05) is 26.3 Å². The molecular formula is C17H22N2O2S. The summed E-state index contributed by atoms with van der Waals surface area (Å²) in [5.41, 5.74) is 1.24. The third-order valence-corrected chi connectivity index (χ3v) is 4.45. The van der Waals surface area contributed by atoms with Crippen LogP contribution in [-0.2, 0) is 0 Å². The summed E-state index contributed by atoms with van der Waals surface area (Å²) >= 11 is 5.51. The Bertz CT molecular complexity index is 562. The van der Waals surface area contributed by atoms with Gasteiger partial charge >= 0.3 is 0 Å². The van der Waals surface area contributed by atoms with E-state index in [2.05, 4.69) is 28.9 Å². The Morgan fingerprint density at radius 3 is 2.95 bits per heavy atom. The van der Waals surface area contributed by atoms with E-state index in [1.54, 1.807) is 0 Å². The van der Waals surface area contributed by atoms with E-state index in [9.17, 15) is 0 Å². The molecule has 2 aliphatic rings. The number of benzene rings is 1. The van der Waals surface area contributed by atoms with Gasteiger partial charge < -0.3 is 19.7 Å². The van der Waals surface area contributed by atoms with Gasteiger partial charge in [-0.3, -0.25) is 0 Å². The Hall–Kier alpha value is -1.75. The van der Waals surface area contributed by atoms with Gasteiger partial charge in [0.05, 0.1) is 19.3 Å². The molecule has 4 nitrogen and oxygen atoms in total. The molecular weight excluding hydrogens is 296 g/mol.